The van der Waals surface area contributed by atoms with Crippen LogP contribution in [0.15, 0.2) is 65.4 Å². The maximum absolute atomic E-state index is 12.0. The van der Waals surface area contributed by atoms with Gasteiger partial charge in [-0.3, -0.25) is 4.79 Å². The van der Waals surface area contributed by atoms with Crippen LogP contribution in [0.4, 0.5) is 19.0 Å². The Morgan fingerprint density at radius 1 is 1.12 bits per heavy atom. The van der Waals surface area contributed by atoms with Crippen molar-refractivity contribution in [1.29, 1.82) is 0 Å². The molecule has 0 bridgehead atoms. The number of amides is 1. The van der Waals surface area contributed by atoms with Crippen molar-refractivity contribution in [2.45, 2.75) is 6.18 Å². The van der Waals surface area contributed by atoms with Gasteiger partial charge in [-0.15, -0.1) is 0 Å². The van der Waals surface area contributed by atoms with Crippen LogP contribution in [-0.2, 0) is 4.79 Å². The van der Waals surface area contributed by atoms with Gasteiger partial charge in [0.15, 0.2) is 17.2 Å². The van der Waals surface area contributed by atoms with Crippen LogP contribution in [-0.4, -0.2) is 44.9 Å². The van der Waals surface area contributed by atoms with Gasteiger partial charge in [-0.25, -0.2) is 14.3 Å². The van der Waals surface area contributed by atoms with Crippen molar-refractivity contribution < 1.29 is 37.0 Å². The molecule has 0 aliphatic rings. The second-order valence-corrected chi connectivity index (χ2v) is 6.11. The van der Waals surface area contributed by atoms with E-state index in [0.29, 0.717) is 11.5 Å². The van der Waals surface area contributed by atoms with Gasteiger partial charge in [0.2, 0.25) is 0 Å². The van der Waals surface area contributed by atoms with Gasteiger partial charge >= 0.3 is 12.1 Å². The molecular weight excluding hydrogens is 433 g/mol. The first-order valence-electron chi connectivity index (χ1n) is 8.83. The van der Waals surface area contributed by atoms with Crippen LogP contribution >= 0.6 is 0 Å². The summed E-state index contributed by atoms with van der Waals surface area (Å²) in [4.78, 5) is 25.2. The molecule has 0 aliphatic carbocycles. The van der Waals surface area contributed by atoms with Crippen molar-refractivity contribution in [2.24, 2.45) is 0 Å². The summed E-state index contributed by atoms with van der Waals surface area (Å²) in [6, 6.07) is 14.6. The molecule has 0 saturated heterocycles. The summed E-state index contributed by atoms with van der Waals surface area (Å²) in [6.07, 6.45) is -1.98. The summed E-state index contributed by atoms with van der Waals surface area (Å²) in [5.41, 5.74) is 2.38. The van der Waals surface area contributed by atoms with Crippen molar-refractivity contribution in [3.8, 4) is 17.0 Å². The smallest absolute Gasteiger partial charge is 0.490 e. The van der Waals surface area contributed by atoms with E-state index in [4.69, 9.17) is 19.1 Å². The number of hydrogen-bond donors (Lipinski definition) is 2. The molecule has 166 valence electrons. The van der Waals surface area contributed by atoms with Gasteiger partial charge in [-0.2, -0.15) is 18.3 Å². The molecule has 4 aromatic rings. The Morgan fingerprint density at radius 2 is 1.81 bits per heavy atom. The fourth-order valence-corrected chi connectivity index (χ4v) is 2.44. The number of methoxy groups -OCH3 is 1. The summed E-state index contributed by atoms with van der Waals surface area (Å²) in [6.45, 7) is 0. The molecule has 32 heavy (non-hydrogen) atoms. The van der Waals surface area contributed by atoms with E-state index in [1.165, 1.54) is 6.26 Å². The van der Waals surface area contributed by atoms with Crippen molar-refractivity contribution in [3.05, 3.63) is 66.8 Å². The standard InChI is InChI=1S/C18H14N4O3.C2HF3O2/c1-24-13-6-4-12(5-7-13)14-8-9-17-19-16(11-22(17)21-14)20-18(23)15-3-2-10-25-15;3-2(4,5)1(6)7/h2-11H,1H3,(H,20,23);(H,6,7). The van der Waals surface area contributed by atoms with Crippen LogP contribution < -0.4 is 10.1 Å². The first-order valence-corrected chi connectivity index (χ1v) is 8.83. The summed E-state index contributed by atoms with van der Waals surface area (Å²) < 4.78 is 43.6. The molecule has 0 atom stereocenters. The number of nitrogens with one attached hydrogen (secondary N) is 1. The third kappa shape index (κ3) is 5.41. The highest BCUT2D eigenvalue weighted by molar-refractivity contribution is 6.01. The SMILES string of the molecule is COc1ccc(-c2ccc3nc(NC(=O)c4ccco4)cn3n2)cc1.O=C(O)C(F)(F)F. The lowest BCUT2D eigenvalue weighted by molar-refractivity contribution is -0.192. The summed E-state index contributed by atoms with van der Waals surface area (Å²) in [5.74, 6) is -1.70. The van der Waals surface area contributed by atoms with E-state index in [2.05, 4.69) is 15.4 Å². The minimum absolute atomic E-state index is 0.226. The Kier molecular flexibility index (Phi) is 6.42. The average molecular weight is 448 g/mol. The van der Waals surface area contributed by atoms with Crippen molar-refractivity contribution >= 4 is 23.3 Å². The average Bonchev–Trinajstić information content (AvgIpc) is 3.42. The third-order valence-electron chi connectivity index (χ3n) is 3.93. The Bertz CT molecular complexity index is 1220. The lowest BCUT2D eigenvalue weighted by atomic mass is 10.1. The number of benzene rings is 1. The number of rotatable bonds is 4. The summed E-state index contributed by atoms with van der Waals surface area (Å²) in [7, 11) is 1.63. The van der Waals surface area contributed by atoms with Gasteiger partial charge in [-0.1, -0.05) is 0 Å². The Balaban J connectivity index is 0.000000360. The number of aromatic nitrogens is 3. The lowest BCUT2D eigenvalue weighted by Gasteiger charge is -2.03. The molecule has 1 amide bonds. The number of alkyl halides is 3. The van der Waals surface area contributed by atoms with Crippen LogP contribution in [0.1, 0.15) is 10.6 Å². The minimum atomic E-state index is -5.08. The number of carbonyl (C=O) groups is 2. The van der Waals surface area contributed by atoms with E-state index >= 15 is 0 Å². The second-order valence-electron chi connectivity index (χ2n) is 6.11. The highest BCUT2D eigenvalue weighted by Crippen LogP contribution is 2.21. The Morgan fingerprint density at radius 3 is 2.38 bits per heavy atom. The van der Waals surface area contributed by atoms with E-state index in [1.54, 1.807) is 30.0 Å². The number of halogens is 3. The maximum Gasteiger partial charge on any atom is 0.490 e. The molecule has 12 heteroatoms. The van der Waals surface area contributed by atoms with E-state index < -0.39 is 12.1 Å². The number of anilines is 1. The van der Waals surface area contributed by atoms with Gasteiger partial charge in [0, 0.05) is 5.56 Å². The number of carboxylic acids is 1. The molecule has 1 aromatic carbocycles. The number of imidazole rings is 1. The normalized spacial score (nSPS) is 10.9. The van der Waals surface area contributed by atoms with E-state index in [-0.39, 0.29) is 11.7 Å². The zero-order valence-electron chi connectivity index (χ0n) is 16.3. The van der Waals surface area contributed by atoms with E-state index in [0.717, 1.165) is 17.0 Å². The molecule has 2 N–H and O–H groups in total. The first-order chi connectivity index (χ1) is 15.2. The topological polar surface area (TPSA) is 119 Å². The molecule has 0 spiro atoms. The van der Waals surface area contributed by atoms with Crippen molar-refractivity contribution in [3.63, 3.8) is 0 Å². The lowest BCUT2D eigenvalue weighted by Crippen LogP contribution is -2.21. The molecule has 3 heterocycles. The zero-order chi connectivity index (χ0) is 23.3. The maximum atomic E-state index is 12.0. The fourth-order valence-electron chi connectivity index (χ4n) is 2.44. The van der Waals surface area contributed by atoms with Crippen LogP contribution in [0.2, 0.25) is 0 Å². The number of carboxylic acid groups (broad SMARTS) is 1. The van der Waals surface area contributed by atoms with Crippen LogP contribution in [0.3, 0.4) is 0 Å². The molecule has 0 fully saturated rings. The predicted octanol–water partition coefficient (Wildman–Crippen LogP) is 3.88. The van der Waals surface area contributed by atoms with Crippen LogP contribution in [0.5, 0.6) is 5.75 Å². The highest BCUT2D eigenvalue weighted by Gasteiger charge is 2.38. The quantitative estimate of drug-likeness (QED) is 0.486. The third-order valence-corrected chi connectivity index (χ3v) is 3.93. The molecule has 3 aromatic heterocycles. The minimum Gasteiger partial charge on any atom is -0.497 e. The molecule has 0 aliphatic heterocycles. The number of ether oxygens (including phenoxy) is 1. The number of furan rings is 1. The number of hydrogen-bond acceptors (Lipinski definition) is 6. The number of nitrogens with zero attached hydrogens (tertiary/aromatic N) is 3. The van der Waals surface area contributed by atoms with Gasteiger partial charge in [0.25, 0.3) is 5.91 Å². The second kappa shape index (κ2) is 9.20. The molecule has 0 unspecified atom stereocenters. The number of fused-ring (bicyclic) bond motifs is 1. The fraction of sp³-hybridized carbons (Fsp3) is 0.100. The van der Waals surface area contributed by atoms with Crippen LogP contribution in [0, 0.1) is 0 Å². The molecule has 9 nitrogen and oxygen atoms in total. The molecular formula is C20H15F3N4O5. The zero-order valence-corrected chi connectivity index (χ0v) is 16.3. The Labute approximate surface area is 178 Å². The Hall–Kier alpha value is -4.35. The number of carbonyl (C=O) groups excluding carboxylic acids is 1. The first kappa shape index (κ1) is 22.3. The largest absolute Gasteiger partial charge is 0.497 e. The highest BCUT2D eigenvalue weighted by atomic mass is 19.4. The molecule has 0 radical (unpaired) electrons. The van der Waals surface area contributed by atoms with Crippen molar-refractivity contribution in [2.75, 3.05) is 12.4 Å². The summed E-state index contributed by atoms with van der Waals surface area (Å²) in [5, 5.41) is 14.3. The predicted molar refractivity (Wildman–Crippen MR) is 105 cm³/mol. The van der Waals surface area contributed by atoms with Gasteiger partial charge in [0.1, 0.15) is 5.75 Å². The molecule has 0 saturated carbocycles. The van der Waals surface area contributed by atoms with E-state index in [9.17, 15) is 18.0 Å². The summed E-state index contributed by atoms with van der Waals surface area (Å²) >= 11 is 0. The van der Waals surface area contributed by atoms with Gasteiger partial charge in [0.05, 0.1) is 25.3 Å². The van der Waals surface area contributed by atoms with Gasteiger partial charge < -0.3 is 19.6 Å². The number of aliphatic carboxylic acids is 1. The van der Waals surface area contributed by atoms with Gasteiger partial charge in [-0.05, 0) is 48.5 Å². The van der Waals surface area contributed by atoms with Crippen molar-refractivity contribution in [1.82, 2.24) is 14.6 Å². The van der Waals surface area contributed by atoms with E-state index in [1.807, 2.05) is 36.4 Å². The molecule has 4 rings (SSSR count). The van der Waals surface area contributed by atoms with Crippen LogP contribution in [0.25, 0.3) is 16.9 Å². The monoisotopic (exact) mass is 448 g/mol.